The molecule has 3 heterocycles. The molecule has 1 saturated heterocycles. The highest BCUT2D eigenvalue weighted by atomic mass is 32.1. The van der Waals surface area contributed by atoms with E-state index in [1.54, 1.807) is 11.4 Å². The molecule has 5 nitrogen and oxygen atoms in total. The van der Waals surface area contributed by atoms with Crippen LogP contribution in [0.5, 0.6) is 0 Å². The van der Waals surface area contributed by atoms with E-state index in [0.717, 1.165) is 11.3 Å². The first-order valence-corrected chi connectivity index (χ1v) is 8.38. The molecular weight excluding hydrogens is 375 g/mol. The summed E-state index contributed by atoms with van der Waals surface area (Å²) in [5.41, 5.74) is -3.14. The van der Waals surface area contributed by atoms with Gasteiger partial charge in [-0.05, 0) is 41.4 Å². The van der Waals surface area contributed by atoms with Gasteiger partial charge in [0.05, 0.1) is 10.9 Å². The van der Waals surface area contributed by atoms with E-state index in [9.17, 15) is 23.1 Å². The maximum atomic E-state index is 13.7. The summed E-state index contributed by atoms with van der Waals surface area (Å²) in [6, 6.07) is 4.74. The lowest BCUT2D eigenvalue weighted by Crippen LogP contribution is -2.72. The van der Waals surface area contributed by atoms with Gasteiger partial charge in [-0.2, -0.15) is 13.2 Å². The van der Waals surface area contributed by atoms with Crippen LogP contribution >= 0.6 is 23.6 Å². The lowest BCUT2D eigenvalue weighted by atomic mass is 9.79. The van der Waals surface area contributed by atoms with Crippen molar-refractivity contribution in [2.75, 3.05) is 0 Å². The molecule has 0 saturated carbocycles. The number of ketones is 1. The Labute approximate surface area is 149 Å². The van der Waals surface area contributed by atoms with Crippen LogP contribution in [-0.4, -0.2) is 32.9 Å². The second kappa shape index (κ2) is 6.36. The van der Waals surface area contributed by atoms with Gasteiger partial charge >= 0.3 is 6.18 Å². The number of halogens is 3. The normalized spacial score (nSPS) is 26.6. The Hall–Kier alpha value is -2.04. The number of hydrogen-bond donors (Lipinski definition) is 3. The fourth-order valence-corrected chi connectivity index (χ4v) is 3.75. The van der Waals surface area contributed by atoms with Crippen LogP contribution in [0.15, 0.2) is 42.0 Å². The summed E-state index contributed by atoms with van der Waals surface area (Å²) in [4.78, 5) is 16.8. The fourth-order valence-electron chi connectivity index (χ4n) is 2.76. The van der Waals surface area contributed by atoms with Gasteiger partial charge in [0.15, 0.2) is 10.9 Å². The molecule has 0 radical (unpaired) electrons. The fraction of sp³-hybridized carbons (Fsp3) is 0.267. The van der Waals surface area contributed by atoms with Gasteiger partial charge in [0.1, 0.15) is 5.92 Å². The number of carbonyl (C=O) groups is 1. The van der Waals surface area contributed by atoms with Crippen molar-refractivity contribution < 1.29 is 23.1 Å². The Bertz CT molecular complexity index is 783. The highest BCUT2D eigenvalue weighted by Gasteiger charge is 2.65. The summed E-state index contributed by atoms with van der Waals surface area (Å²) in [6.45, 7) is 0. The second-order valence-corrected chi connectivity index (χ2v) is 6.80. The van der Waals surface area contributed by atoms with E-state index in [2.05, 4.69) is 10.3 Å². The van der Waals surface area contributed by atoms with Gasteiger partial charge in [0.2, 0.25) is 5.72 Å². The predicted molar refractivity (Wildman–Crippen MR) is 89.0 cm³/mol. The van der Waals surface area contributed by atoms with Crippen molar-refractivity contribution in [1.82, 2.24) is 15.6 Å². The van der Waals surface area contributed by atoms with Crippen molar-refractivity contribution >= 4 is 34.5 Å². The molecule has 1 aliphatic rings. The minimum absolute atomic E-state index is 0.114. The van der Waals surface area contributed by atoms with Crippen molar-refractivity contribution in [3.8, 4) is 0 Å². The summed E-state index contributed by atoms with van der Waals surface area (Å²) in [6.07, 6.45) is -2.34. The van der Waals surface area contributed by atoms with Crippen LogP contribution in [0.4, 0.5) is 13.2 Å². The van der Waals surface area contributed by atoms with E-state index in [1.807, 2.05) is 5.32 Å². The zero-order valence-corrected chi connectivity index (χ0v) is 14.1. The molecule has 1 fully saturated rings. The van der Waals surface area contributed by atoms with Crippen LogP contribution in [0.3, 0.4) is 0 Å². The zero-order chi connectivity index (χ0) is 18.2. The van der Waals surface area contributed by atoms with Crippen molar-refractivity contribution in [1.29, 1.82) is 0 Å². The topological polar surface area (TPSA) is 74.2 Å². The summed E-state index contributed by atoms with van der Waals surface area (Å²) in [7, 11) is 0. The molecule has 1 aliphatic heterocycles. The van der Waals surface area contributed by atoms with Crippen molar-refractivity contribution in [3.05, 3.63) is 52.5 Å². The van der Waals surface area contributed by atoms with Gasteiger partial charge in [-0.3, -0.25) is 9.78 Å². The molecular formula is C15H12F3N3O2S2. The van der Waals surface area contributed by atoms with Crippen LogP contribution in [0.2, 0.25) is 0 Å². The molecule has 0 aliphatic carbocycles. The summed E-state index contributed by atoms with van der Waals surface area (Å²) < 4.78 is 41.0. The molecule has 3 N–H and O–H groups in total. The largest absolute Gasteiger partial charge is 0.437 e. The number of alkyl halides is 3. The van der Waals surface area contributed by atoms with E-state index in [0.29, 0.717) is 5.56 Å². The predicted octanol–water partition coefficient (Wildman–Crippen LogP) is 2.41. The third-order valence-electron chi connectivity index (χ3n) is 3.92. The van der Waals surface area contributed by atoms with Gasteiger partial charge in [-0.25, -0.2) is 0 Å². The molecule has 0 spiro atoms. The van der Waals surface area contributed by atoms with E-state index >= 15 is 0 Å². The summed E-state index contributed by atoms with van der Waals surface area (Å²) in [5, 5.41) is 16.1. The first kappa shape index (κ1) is 17.8. The average molecular weight is 387 g/mol. The maximum absolute atomic E-state index is 13.7. The quantitative estimate of drug-likeness (QED) is 0.555. The highest BCUT2D eigenvalue weighted by molar-refractivity contribution is 7.80. The number of aliphatic hydroxyl groups is 1. The number of hydrogen-bond acceptors (Lipinski definition) is 5. The standard InChI is InChI=1S/C15H12F3N3O2S2/c16-15(17,18)14(23)10(12(22)9-2-1-7-25-9)11(20-13(24)21-14)8-3-5-19-6-4-8/h1-7,10-11,23H,(H2,20,21,24)/t10-,11-,14-/m1/s1. The molecule has 0 bridgehead atoms. The Balaban J connectivity index is 2.15. The molecule has 3 atom stereocenters. The minimum atomic E-state index is -5.12. The molecule has 0 unspecified atom stereocenters. The van der Waals surface area contributed by atoms with Gasteiger partial charge in [-0.15, -0.1) is 11.3 Å². The third kappa shape index (κ3) is 3.12. The number of rotatable bonds is 3. The van der Waals surface area contributed by atoms with E-state index in [-0.39, 0.29) is 4.88 Å². The molecule has 2 aromatic rings. The van der Waals surface area contributed by atoms with Crippen molar-refractivity contribution in [2.24, 2.45) is 5.92 Å². The molecule has 10 heteroatoms. The number of nitrogens with zero attached hydrogens (tertiary/aromatic N) is 1. The number of Topliss-reactive ketones (excluding diaryl/α,β-unsaturated/α-hetero) is 1. The number of nitrogens with one attached hydrogen (secondary N) is 2. The molecule has 2 aromatic heterocycles. The Kier molecular flexibility index (Phi) is 4.52. The Morgan fingerprint density at radius 2 is 2.00 bits per heavy atom. The molecule has 0 amide bonds. The zero-order valence-electron chi connectivity index (χ0n) is 12.4. The van der Waals surface area contributed by atoms with Crippen LogP contribution in [0, 0.1) is 5.92 Å². The van der Waals surface area contributed by atoms with Crippen LogP contribution in [0.1, 0.15) is 21.3 Å². The van der Waals surface area contributed by atoms with Gasteiger partial charge in [0, 0.05) is 12.4 Å². The van der Waals surface area contributed by atoms with Gasteiger partial charge in [0.25, 0.3) is 0 Å². The summed E-state index contributed by atoms with van der Waals surface area (Å²) >= 11 is 5.84. The highest BCUT2D eigenvalue weighted by Crippen LogP contribution is 2.44. The Morgan fingerprint density at radius 1 is 1.32 bits per heavy atom. The first-order chi connectivity index (χ1) is 11.7. The monoisotopic (exact) mass is 387 g/mol. The third-order valence-corrected chi connectivity index (χ3v) is 5.02. The van der Waals surface area contributed by atoms with Gasteiger partial charge in [-0.1, -0.05) is 6.07 Å². The number of thiophene rings is 1. The van der Waals surface area contributed by atoms with E-state index in [4.69, 9.17) is 12.2 Å². The van der Waals surface area contributed by atoms with E-state index in [1.165, 1.54) is 30.6 Å². The van der Waals surface area contributed by atoms with Gasteiger partial charge < -0.3 is 15.7 Å². The molecule has 0 aromatic carbocycles. The lowest BCUT2D eigenvalue weighted by Gasteiger charge is -2.46. The molecule has 25 heavy (non-hydrogen) atoms. The number of pyridine rings is 1. The first-order valence-electron chi connectivity index (χ1n) is 7.09. The average Bonchev–Trinajstić information content (AvgIpc) is 3.08. The van der Waals surface area contributed by atoms with Crippen molar-refractivity contribution in [2.45, 2.75) is 17.9 Å². The van der Waals surface area contributed by atoms with Crippen LogP contribution < -0.4 is 10.6 Å². The van der Waals surface area contributed by atoms with Crippen LogP contribution in [-0.2, 0) is 0 Å². The lowest BCUT2D eigenvalue weighted by molar-refractivity contribution is -0.285. The number of aromatic nitrogens is 1. The SMILES string of the molecule is O=C(c1cccs1)[C@H]1[C@@H](c2ccncc2)NC(=S)N[C@]1(O)C(F)(F)F. The molecule has 132 valence electrons. The minimum Gasteiger partial charge on any atom is -0.363 e. The second-order valence-electron chi connectivity index (χ2n) is 5.44. The number of thiocarbonyl (C=S) groups is 1. The molecule has 3 rings (SSSR count). The smallest absolute Gasteiger partial charge is 0.363 e. The number of carbonyl (C=O) groups excluding carboxylic acids is 1. The summed E-state index contributed by atoms with van der Waals surface area (Å²) in [5.74, 6) is -2.71. The van der Waals surface area contributed by atoms with Crippen LogP contribution in [0.25, 0.3) is 0 Å². The maximum Gasteiger partial charge on any atom is 0.437 e. The Morgan fingerprint density at radius 3 is 2.56 bits per heavy atom. The van der Waals surface area contributed by atoms with E-state index < -0.39 is 34.8 Å². The van der Waals surface area contributed by atoms with Crippen molar-refractivity contribution in [3.63, 3.8) is 0 Å².